The summed E-state index contributed by atoms with van der Waals surface area (Å²) in [6.07, 6.45) is 5.42. The zero-order valence-corrected chi connectivity index (χ0v) is 16.3. The van der Waals surface area contributed by atoms with Gasteiger partial charge in [0.1, 0.15) is 0 Å². The fourth-order valence-corrected chi connectivity index (χ4v) is 3.45. The number of hydrogen-bond donors (Lipinski definition) is 1. The number of nitrogens with zero attached hydrogens (tertiary/aromatic N) is 3. The largest absolute Gasteiger partial charge is 0.356 e. The Bertz CT molecular complexity index is 315. The molecular formula is C16H33IN4. The van der Waals surface area contributed by atoms with Crippen molar-refractivity contribution in [1.82, 2.24) is 15.1 Å². The number of aliphatic imine (C=N–C) groups is 1. The van der Waals surface area contributed by atoms with Gasteiger partial charge in [-0.25, -0.2) is 0 Å². The summed E-state index contributed by atoms with van der Waals surface area (Å²) in [5, 5.41) is 3.58. The van der Waals surface area contributed by atoms with Crippen LogP contribution in [0.3, 0.4) is 0 Å². The Balaban J connectivity index is 0.00000220. The summed E-state index contributed by atoms with van der Waals surface area (Å²) in [4.78, 5) is 9.49. The Morgan fingerprint density at radius 3 is 2.57 bits per heavy atom. The van der Waals surface area contributed by atoms with Gasteiger partial charge in [0.2, 0.25) is 0 Å². The first kappa shape index (κ1) is 19.0. The van der Waals surface area contributed by atoms with Gasteiger partial charge in [-0.3, -0.25) is 4.99 Å². The molecule has 1 N–H and O–H groups in total. The maximum Gasteiger partial charge on any atom is 0.193 e. The highest BCUT2D eigenvalue weighted by Crippen LogP contribution is 2.15. The van der Waals surface area contributed by atoms with E-state index in [1.54, 1.807) is 0 Å². The molecule has 0 saturated carbocycles. The van der Waals surface area contributed by atoms with Crippen LogP contribution in [0.15, 0.2) is 4.99 Å². The zero-order valence-electron chi connectivity index (χ0n) is 14.0. The summed E-state index contributed by atoms with van der Waals surface area (Å²) >= 11 is 0. The van der Waals surface area contributed by atoms with Crippen molar-refractivity contribution in [3.05, 3.63) is 0 Å². The van der Waals surface area contributed by atoms with Gasteiger partial charge in [-0.2, -0.15) is 0 Å². The predicted octanol–water partition coefficient (Wildman–Crippen LogP) is 2.64. The van der Waals surface area contributed by atoms with Crippen LogP contribution in [0.1, 0.15) is 39.5 Å². The summed E-state index contributed by atoms with van der Waals surface area (Å²) in [6.45, 7) is 11.8. The van der Waals surface area contributed by atoms with Gasteiger partial charge in [-0.15, -0.1) is 24.0 Å². The van der Waals surface area contributed by atoms with E-state index in [0.717, 1.165) is 31.5 Å². The Hall–Kier alpha value is -0.0400. The topological polar surface area (TPSA) is 30.9 Å². The highest BCUT2D eigenvalue weighted by atomic mass is 127. The van der Waals surface area contributed by atoms with Gasteiger partial charge in [0, 0.05) is 33.2 Å². The predicted molar refractivity (Wildman–Crippen MR) is 102 cm³/mol. The number of nitrogens with one attached hydrogen (secondary N) is 1. The van der Waals surface area contributed by atoms with Crippen molar-refractivity contribution in [1.29, 1.82) is 0 Å². The van der Waals surface area contributed by atoms with E-state index in [-0.39, 0.29) is 24.0 Å². The minimum Gasteiger partial charge on any atom is -0.356 e. The molecule has 2 aliphatic rings. The molecular weight excluding hydrogens is 375 g/mol. The summed E-state index contributed by atoms with van der Waals surface area (Å²) in [5.74, 6) is 2.58. The first-order valence-corrected chi connectivity index (χ1v) is 8.37. The standard InChI is InChI=1S/C16H32N4.HI/c1-14-7-6-10-20(13-14)16(17-3)18-11-15(2)12-19-8-4-5-9-19;/h14-15H,4-13H2,1-3H3,(H,17,18);1H. The van der Waals surface area contributed by atoms with Crippen LogP contribution in [0.5, 0.6) is 0 Å². The fraction of sp³-hybridized carbons (Fsp3) is 0.938. The third kappa shape index (κ3) is 6.30. The molecule has 0 spiro atoms. The van der Waals surface area contributed by atoms with Crippen molar-refractivity contribution in [2.75, 3.05) is 46.3 Å². The summed E-state index contributed by atoms with van der Waals surface area (Å²) < 4.78 is 0. The van der Waals surface area contributed by atoms with E-state index < -0.39 is 0 Å². The molecule has 2 atom stereocenters. The van der Waals surface area contributed by atoms with Crippen LogP contribution in [0.2, 0.25) is 0 Å². The van der Waals surface area contributed by atoms with E-state index in [9.17, 15) is 0 Å². The average molecular weight is 408 g/mol. The van der Waals surface area contributed by atoms with Crippen LogP contribution in [-0.2, 0) is 0 Å². The van der Waals surface area contributed by atoms with Crippen LogP contribution in [0.25, 0.3) is 0 Å². The fourth-order valence-electron chi connectivity index (χ4n) is 3.45. The van der Waals surface area contributed by atoms with Gasteiger partial charge in [0.05, 0.1) is 0 Å². The molecule has 0 aromatic rings. The number of likely N-dealkylation sites (tertiary alicyclic amines) is 2. The third-order valence-corrected chi connectivity index (χ3v) is 4.55. The molecule has 0 amide bonds. The lowest BCUT2D eigenvalue weighted by Crippen LogP contribution is -2.47. The van der Waals surface area contributed by atoms with Gasteiger partial charge in [-0.05, 0) is 50.6 Å². The molecule has 2 unspecified atom stereocenters. The molecule has 2 heterocycles. The van der Waals surface area contributed by atoms with E-state index >= 15 is 0 Å². The van der Waals surface area contributed by atoms with Crippen molar-refractivity contribution in [2.45, 2.75) is 39.5 Å². The summed E-state index contributed by atoms with van der Waals surface area (Å²) in [5.41, 5.74) is 0. The van der Waals surface area contributed by atoms with Crippen molar-refractivity contribution in [2.24, 2.45) is 16.8 Å². The van der Waals surface area contributed by atoms with E-state index in [1.807, 2.05) is 7.05 Å². The van der Waals surface area contributed by atoms with Gasteiger partial charge in [-0.1, -0.05) is 13.8 Å². The first-order chi connectivity index (χ1) is 9.69. The molecule has 0 radical (unpaired) electrons. The van der Waals surface area contributed by atoms with E-state index in [2.05, 4.69) is 34.0 Å². The summed E-state index contributed by atoms with van der Waals surface area (Å²) in [7, 11) is 1.91. The minimum atomic E-state index is 0. The summed E-state index contributed by atoms with van der Waals surface area (Å²) in [6, 6.07) is 0. The van der Waals surface area contributed by atoms with Crippen LogP contribution >= 0.6 is 24.0 Å². The number of halogens is 1. The SMILES string of the molecule is CN=C(NCC(C)CN1CCCC1)N1CCCC(C)C1.I. The van der Waals surface area contributed by atoms with Gasteiger partial charge in [0.25, 0.3) is 0 Å². The number of rotatable bonds is 4. The van der Waals surface area contributed by atoms with Crippen molar-refractivity contribution in [3.63, 3.8) is 0 Å². The molecule has 2 rings (SSSR count). The average Bonchev–Trinajstić information content (AvgIpc) is 2.92. The molecule has 2 saturated heterocycles. The monoisotopic (exact) mass is 408 g/mol. The lowest BCUT2D eigenvalue weighted by atomic mass is 10.0. The molecule has 0 bridgehead atoms. The van der Waals surface area contributed by atoms with E-state index in [1.165, 1.54) is 45.3 Å². The second-order valence-electron chi connectivity index (χ2n) is 6.73. The second-order valence-corrected chi connectivity index (χ2v) is 6.73. The van der Waals surface area contributed by atoms with Crippen LogP contribution in [-0.4, -0.2) is 62.1 Å². The van der Waals surface area contributed by atoms with Gasteiger partial charge < -0.3 is 15.1 Å². The molecule has 2 fully saturated rings. The van der Waals surface area contributed by atoms with Crippen LogP contribution < -0.4 is 5.32 Å². The maximum atomic E-state index is 4.47. The quantitative estimate of drug-likeness (QED) is 0.441. The molecule has 5 heteroatoms. The van der Waals surface area contributed by atoms with Crippen molar-refractivity contribution >= 4 is 29.9 Å². The highest BCUT2D eigenvalue weighted by molar-refractivity contribution is 14.0. The smallest absolute Gasteiger partial charge is 0.193 e. The molecule has 2 aliphatic heterocycles. The highest BCUT2D eigenvalue weighted by Gasteiger charge is 2.20. The molecule has 4 nitrogen and oxygen atoms in total. The van der Waals surface area contributed by atoms with Crippen LogP contribution in [0, 0.1) is 11.8 Å². The lowest BCUT2D eigenvalue weighted by molar-refractivity contribution is 0.259. The molecule has 0 aliphatic carbocycles. The first-order valence-electron chi connectivity index (χ1n) is 8.37. The van der Waals surface area contributed by atoms with Gasteiger partial charge in [0.15, 0.2) is 5.96 Å². The number of guanidine groups is 1. The molecule has 0 aromatic carbocycles. The van der Waals surface area contributed by atoms with E-state index in [0.29, 0.717) is 5.92 Å². The Labute approximate surface area is 147 Å². The molecule has 0 aromatic heterocycles. The number of hydrogen-bond acceptors (Lipinski definition) is 2. The molecule has 21 heavy (non-hydrogen) atoms. The lowest BCUT2D eigenvalue weighted by Gasteiger charge is -2.34. The third-order valence-electron chi connectivity index (χ3n) is 4.55. The van der Waals surface area contributed by atoms with E-state index in [4.69, 9.17) is 0 Å². The Morgan fingerprint density at radius 2 is 1.95 bits per heavy atom. The number of piperidine rings is 1. The van der Waals surface area contributed by atoms with Crippen molar-refractivity contribution in [3.8, 4) is 0 Å². The maximum absolute atomic E-state index is 4.47. The van der Waals surface area contributed by atoms with Gasteiger partial charge >= 0.3 is 0 Å². The van der Waals surface area contributed by atoms with Crippen LogP contribution in [0.4, 0.5) is 0 Å². The normalized spacial score (nSPS) is 25.6. The zero-order chi connectivity index (χ0) is 14.4. The second kappa shape index (κ2) is 9.87. The molecule has 124 valence electrons. The van der Waals surface area contributed by atoms with Crippen molar-refractivity contribution < 1.29 is 0 Å². The Morgan fingerprint density at radius 1 is 1.24 bits per heavy atom. The minimum absolute atomic E-state index is 0. The Kier molecular flexibility index (Phi) is 8.94.